The number of nitrogens with two attached hydrogens (primary N) is 1. The second-order valence-electron chi connectivity index (χ2n) is 3.45. The van der Waals surface area contributed by atoms with Crippen LogP contribution in [0.1, 0.15) is 5.56 Å². The molecule has 0 saturated heterocycles. The molecule has 0 amide bonds. The molecule has 17 heavy (non-hydrogen) atoms. The van der Waals surface area contributed by atoms with Crippen LogP contribution in [0.15, 0.2) is 58.8 Å². The van der Waals surface area contributed by atoms with Crippen molar-refractivity contribution in [2.75, 3.05) is 5.73 Å². The highest BCUT2D eigenvalue weighted by Crippen LogP contribution is 2.19. The summed E-state index contributed by atoms with van der Waals surface area (Å²) >= 11 is 0. The third kappa shape index (κ3) is 2.89. The van der Waals surface area contributed by atoms with E-state index in [1.54, 1.807) is 48.5 Å². The Balaban J connectivity index is 2.14. The lowest BCUT2D eigenvalue weighted by atomic mass is 10.2. The van der Waals surface area contributed by atoms with Crippen molar-refractivity contribution < 1.29 is 0 Å². The lowest BCUT2D eigenvalue weighted by molar-refractivity contribution is 1.23. The van der Waals surface area contributed by atoms with Crippen molar-refractivity contribution in [1.29, 1.82) is 5.26 Å². The number of nitrogen functional groups attached to an aromatic ring is 1. The Morgan fingerprint density at radius 3 is 1.76 bits per heavy atom. The minimum atomic E-state index is 0.608. The molecular weight excluding hydrogens is 212 g/mol. The number of nitriles is 1. The zero-order valence-electron chi connectivity index (χ0n) is 9.04. The molecule has 0 heterocycles. The first kappa shape index (κ1) is 10.8. The van der Waals surface area contributed by atoms with Crippen LogP contribution in [0.2, 0.25) is 0 Å². The molecule has 0 spiro atoms. The molecule has 4 nitrogen and oxygen atoms in total. The van der Waals surface area contributed by atoms with E-state index in [0.29, 0.717) is 16.9 Å². The van der Waals surface area contributed by atoms with Gasteiger partial charge in [-0.2, -0.15) is 15.5 Å². The highest BCUT2D eigenvalue weighted by molar-refractivity contribution is 5.48. The van der Waals surface area contributed by atoms with Crippen LogP contribution in [0.4, 0.5) is 17.1 Å². The normalized spacial score (nSPS) is 10.3. The van der Waals surface area contributed by atoms with Crippen LogP contribution in [-0.4, -0.2) is 0 Å². The molecule has 0 radical (unpaired) electrons. The molecule has 0 saturated carbocycles. The fourth-order valence-electron chi connectivity index (χ4n) is 1.26. The Bertz CT molecular complexity index is 562. The van der Waals surface area contributed by atoms with Gasteiger partial charge in [0.2, 0.25) is 0 Å². The Morgan fingerprint density at radius 2 is 1.29 bits per heavy atom. The lowest BCUT2D eigenvalue weighted by Crippen LogP contribution is -1.80. The predicted molar refractivity (Wildman–Crippen MR) is 66.2 cm³/mol. The summed E-state index contributed by atoms with van der Waals surface area (Å²) in [7, 11) is 0. The smallest absolute Gasteiger partial charge is 0.0991 e. The van der Waals surface area contributed by atoms with E-state index in [1.807, 2.05) is 6.07 Å². The number of benzene rings is 2. The van der Waals surface area contributed by atoms with E-state index in [9.17, 15) is 0 Å². The summed E-state index contributed by atoms with van der Waals surface area (Å²) in [4.78, 5) is 0. The van der Waals surface area contributed by atoms with Gasteiger partial charge in [0.05, 0.1) is 23.0 Å². The fourth-order valence-corrected chi connectivity index (χ4v) is 1.26. The van der Waals surface area contributed by atoms with E-state index >= 15 is 0 Å². The van der Waals surface area contributed by atoms with E-state index in [2.05, 4.69) is 10.2 Å². The van der Waals surface area contributed by atoms with Crippen LogP contribution in [0, 0.1) is 11.3 Å². The Labute approximate surface area is 99.0 Å². The van der Waals surface area contributed by atoms with E-state index in [4.69, 9.17) is 11.0 Å². The maximum absolute atomic E-state index is 8.65. The summed E-state index contributed by atoms with van der Waals surface area (Å²) in [6.45, 7) is 0. The van der Waals surface area contributed by atoms with Gasteiger partial charge in [-0.1, -0.05) is 0 Å². The molecule has 2 aromatic rings. The second kappa shape index (κ2) is 4.90. The van der Waals surface area contributed by atoms with Gasteiger partial charge in [-0.25, -0.2) is 0 Å². The highest BCUT2D eigenvalue weighted by atomic mass is 15.1. The monoisotopic (exact) mass is 222 g/mol. The van der Waals surface area contributed by atoms with Crippen LogP contribution in [-0.2, 0) is 0 Å². The van der Waals surface area contributed by atoms with Crippen LogP contribution in [0.25, 0.3) is 0 Å². The zero-order valence-corrected chi connectivity index (χ0v) is 9.04. The van der Waals surface area contributed by atoms with Crippen LogP contribution in [0.5, 0.6) is 0 Å². The van der Waals surface area contributed by atoms with Crippen LogP contribution < -0.4 is 5.73 Å². The minimum Gasteiger partial charge on any atom is -0.399 e. The van der Waals surface area contributed by atoms with Gasteiger partial charge in [-0.3, -0.25) is 0 Å². The van der Waals surface area contributed by atoms with Gasteiger partial charge in [0, 0.05) is 5.69 Å². The minimum absolute atomic E-state index is 0.608. The molecule has 0 atom stereocenters. The zero-order chi connectivity index (χ0) is 12.1. The van der Waals surface area contributed by atoms with Gasteiger partial charge in [0.1, 0.15) is 0 Å². The van der Waals surface area contributed by atoms with Crippen LogP contribution in [0.3, 0.4) is 0 Å². The number of rotatable bonds is 2. The predicted octanol–water partition coefficient (Wildman–Crippen LogP) is 3.56. The van der Waals surface area contributed by atoms with Gasteiger partial charge >= 0.3 is 0 Å². The maximum atomic E-state index is 8.65. The molecule has 0 aliphatic rings. The quantitative estimate of drug-likeness (QED) is 0.623. The summed E-state index contributed by atoms with van der Waals surface area (Å²) in [6.07, 6.45) is 0. The molecule has 2 N–H and O–H groups in total. The number of anilines is 1. The molecule has 0 unspecified atom stereocenters. The van der Waals surface area contributed by atoms with Gasteiger partial charge in [-0.05, 0) is 48.5 Å². The van der Waals surface area contributed by atoms with E-state index in [0.717, 1.165) is 5.69 Å². The lowest BCUT2D eigenvalue weighted by Gasteiger charge is -1.94. The number of azo groups is 1. The van der Waals surface area contributed by atoms with Gasteiger partial charge in [-0.15, -0.1) is 0 Å². The molecular formula is C13H10N4. The topological polar surface area (TPSA) is 74.5 Å². The number of hydrogen-bond acceptors (Lipinski definition) is 4. The molecule has 0 bridgehead atoms. The average molecular weight is 222 g/mol. The van der Waals surface area contributed by atoms with Crippen molar-refractivity contribution in [1.82, 2.24) is 0 Å². The second-order valence-corrected chi connectivity index (χ2v) is 3.45. The van der Waals surface area contributed by atoms with E-state index in [-0.39, 0.29) is 0 Å². The molecule has 0 aromatic heterocycles. The molecule has 82 valence electrons. The molecule has 2 aromatic carbocycles. The summed E-state index contributed by atoms with van der Waals surface area (Å²) in [6, 6.07) is 16.1. The standard InChI is InChI=1S/C13H10N4/c14-9-10-1-5-12(6-2-10)16-17-13-7-3-11(15)4-8-13/h1-8H,15H2. The van der Waals surface area contributed by atoms with Crippen molar-refractivity contribution in [3.8, 4) is 6.07 Å². The summed E-state index contributed by atoms with van der Waals surface area (Å²) < 4.78 is 0. The van der Waals surface area contributed by atoms with Crippen molar-refractivity contribution >= 4 is 17.1 Å². The highest BCUT2D eigenvalue weighted by Gasteiger charge is 1.92. The third-order valence-electron chi connectivity index (χ3n) is 2.17. The summed E-state index contributed by atoms with van der Waals surface area (Å²) in [5.74, 6) is 0. The largest absolute Gasteiger partial charge is 0.399 e. The van der Waals surface area contributed by atoms with Crippen molar-refractivity contribution in [3.05, 3.63) is 54.1 Å². The van der Waals surface area contributed by atoms with Gasteiger partial charge in [0.15, 0.2) is 0 Å². The summed E-state index contributed by atoms with van der Waals surface area (Å²) in [5.41, 5.74) is 8.32. The third-order valence-corrected chi connectivity index (χ3v) is 2.17. The molecule has 0 fully saturated rings. The Kier molecular flexibility index (Phi) is 3.13. The molecule has 2 rings (SSSR count). The van der Waals surface area contributed by atoms with Crippen molar-refractivity contribution in [2.24, 2.45) is 10.2 Å². The van der Waals surface area contributed by atoms with Gasteiger partial charge < -0.3 is 5.73 Å². The van der Waals surface area contributed by atoms with Gasteiger partial charge in [0.25, 0.3) is 0 Å². The SMILES string of the molecule is N#Cc1ccc(N=Nc2ccc(N)cc2)cc1. The van der Waals surface area contributed by atoms with Crippen LogP contribution >= 0.6 is 0 Å². The Morgan fingerprint density at radius 1 is 0.824 bits per heavy atom. The Hall–Kier alpha value is -2.67. The first-order chi connectivity index (χ1) is 8.28. The first-order valence-electron chi connectivity index (χ1n) is 5.05. The average Bonchev–Trinajstić information content (AvgIpc) is 2.39. The summed E-state index contributed by atoms with van der Waals surface area (Å²) in [5, 5.41) is 16.8. The number of hydrogen-bond donors (Lipinski definition) is 1. The van der Waals surface area contributed by atoms with Crippen molar-refractivity contribution in [3.63, 3.8) is 0 Å². The fraction of sp³-hybridized carbons (Fsp3) is 0. The molecule has 0 aliphatic heterocycles. The number of nitrogens with zero attached hydrogens (tertiary/aromatic N) is 3. The van der Waals surface area contributed by atoms with E-state index < -0.39 is 0 Å². The molecule has 0 aliphatic carbocycles. The maximum Gasteiger partial charge on any atom is 0.0991 e. The molecule has 4 heteroatoms. The first-order valence-corrected chi connectivity index (χ1v) is 5.05. The van der Waals surface area contributed by atoms with E-state index in [1.165, 1.54) is 0 Å². The van der Waals surface area contributed by atoms with Crippen molar-refractivity contribution in [2.45, 2.75) is 0 Å².